The Bertz CT molecular complexity index is 889. The smallest absolute Gasteiger partial charge is 0.225 e. The van der Waals surface area contributed by atoms with Crippen LogP contribution in [0.25, 0.3) is 10.9 Å². The van der Waals surface area contributed by atoms with Gasteiger partial charge in [0.2, 0.25) is 5.95 Å². The van der Waals surface area contributed by atoms with Crippen molar-refractivity contribution in [2.24, 2.45) is 0 Å². The van der Waals surface area contributed by atoms with Gasteiger partial charge in [-0.1, -0.05) is 17.7 Å². The van der Waals surface area contributed by atoms with E-state index in [4.69, 9.17) is 21.1 Å². The molecule has 4 rings (SSSR count). The molecule has 3 aromatic rings. The number of piperidine rings is 1. The van der Waals surface area contributed by atoms with Crippen molar-refractivity contribution in [3.05, 3.63) is 47.9 Å². The zero-order valence-corrected chi connectivity index (χ0v) is 16.1. The van der Waals surface area contributed by atoms with Crippen LogP contribution in [-0.4, -0.2) is 47.4 Å². The van der Waals surface area contributed by atoms with Gasteiger partial charge in [-0.05, 0) is 18.2 Å². The zero-order valence-electron chi connectivity index (χ0n) is 15.3. The van der Waals surface area contributed by atoms with Crippen LogP contribution in [0, 0.1) is 0 Å². The second-order valence-corrected chi connectivity index (χ2v) is 7.13. The number of hydrogen-bond acceptors (Lipinski definition) is 5. The van der Waals surface area contributed by atoms with E-state index in [0.29, 0.717) is 11.6 Å². The molecule has 1 aromatic carbocycles. The van der Waals surface area contributed by atoms with Crippen molar-refractivity contribution in [3.8, 4) is 5.75 Å². The van der Waals surface area contributed by atoms with Gasteiger partial charge in [0, 0.05) is 51.2 Å². The standard InChI is InChI=1S/C20H23ClN4O2/c1-26-12-11-24-10-7-17-18(24)3-2-4-19(17)27-16-5-8-25(9-6-16)20-22-13-15(21)14-23-20/h2-4,7,10,13-14,16H,5-6,8-9,11-12H2,1H3. The van der Waals surface area contributed by atoms with E-state index in [1.807, 2.05) is 0 Å². The van der Waals surface area contributed by atoms with E-state index in [1.54, 1.807) is 19.5 Å². The lowest BCUT2D eigenvalue weighted by molar-refractivity contribution is 0.172. The topological polar surface area (TPSA) is 52.4 Å². The lowest BCUT2D eigenvalue weighted by atomic mass is 10.1. The summed E-state index contributed by atoms with van der Waals surface area (Å²) in [7, 11) is 1.72. The Labute approximate surface area is 163 Å². The van der Waals surface area contributed by atoms with Crippen molar-refractivity contribution in [1.29, 1.82) is 0 Å². The Morgan fingerprint density at radius 2 is 1.93 bits per heavy atom. The molecule has 0 aliphatic carbocycles. The van der Waals surface area contributed by atoms with Crippen LogP contribution >= 0.6 is 11.6 Å². The fourth-order valence-electron chi connectivity index (χ4n) is 3.50. The van der Waals surface area contributed by atoms with Crippen molar-refractivity contribution in [2.75, 3.05) is 31.7 Å². The van der Waals surface area contributed by atoms with E-state index >= 15 is 0 Å². The van der Waals surface area contributed by atoms with Gasteiger partial charge in [0.05, 0.1) is 29.5 Å². The molecular weight excluding hydrogens is 364 g/mol. The van der Waals surface area contributed by atoms with Crippen LogP contribution < -0.4 is 9.64 Å². The number of nitrogens with zero attached hydrogens (tertiary/aromatic N) is 4. The van der Waals surface area contributed by atoms with Gasteiger partial charge >= 0.3 is 0 Å². The summed E-state index contributed by atoms with van der Waals surface area (Å²) in [6.07, 6.45) is 7.45. The van der Waals surface area contributed by atoms with Gasteiger partial charge in [0.25, 0.3) is 0 Å². The maximum absolute atomic E-state index is 6.36. The first kappa shape index (κ1) is 18.1. The zero-order chi connectivity index (χ0) is 18.6. The SMILES string of the molecule is COCCn1ccc2c(OC3CCN(c4ncc(Cl)cn4)CC3)cccc21. The van der Waals surface area contributed by atoms with Gasteiger partial charge < -0.3 is 18.9 Å². The predicted molar refractivity (Wildman–Crippen MR) is 107 cm³/mol. The number of anilines is 1. The summed E-state index contributed by atoms with van der Waals surface area (Å²) >= 11 is 5.87. The average Bonchev–Trinajstić information content (AvgIpc) is 3.12. The van der Waals surface area contributed by atoms with Gasteiger partial charge in [-0.3, -0.25) is 0 Å². The van der Waals surface area contributed by atoms with E-state index in [9.17, 15) is 0 Å². The van der Waals surface area contributed by atoms with Crippen molar-refractivity contribution in [3.63, 3.8) is 0 Å². The van der Waals surface area contributed by atoms with Crippen LogP contribution in [0.4, 0.5) is 5.95 Å². The van der Waals surface area contributed by atoms with Crippen molar-refractivity contribution in [2.45, 2.75) is 25.5 Å². The molecule has 2 aromatic heterocycles. The fourth-order valence-corrected chi connectivity index (χ4v) is 3.60. The molecule has 1 saturated heterocycles. The van der Waals surface area contributed by atoms with E-state index < -0.39 is 0 Å². The monoisotopic (exact) mass is 386 g/mol. The molecule has 0 spiro atoms. The van der Waals surface area contributed by atoms with Crippen molar-refractivity contribution in [1.82, 2.24) is 14.5 Å². The Hall–Kier alpha value is -2.31. The Balaban J connectivity index is 1.41. The molecule has 6 nitrogen and oxygen atoms in total. The van der Waals surface area contributed by atoms with Crippen molar-refractivity contribution < 1.29 is 9.47 Å². The molecule has 142 valence electrons. The third-order valence-corrected chi connectivity index (χ3v) is 5.13. The molecule has 0 unspecified atom stereocenters. The third-order valence-electron chi connectivity index (χ3n) is 4.94. The molecule has 1 fully saturated rings. The van der Waals surface area contributed by atoms with Crippen LogP contribution in [0.15, 0.2) is 42.9 Å². The number of halogens is 1. The van der Waals surface area contributed by atoms with Crippen LogP contribution in [0.2, 0.25) is 5.02 Å². The minimum Gasteiger partial charge on any atom is -0.490 e. The number of rotatable bonds is 6. The first-order valence-electron chi connectivity index (χ1n) is 9.20. The lowest BCUT2D eigenvalue weighted by Crippen LogP contribution is -2.39. The molecule has 0 radical (unpaired) electrons. The maximum Gasteiger partial charge on any atom is 0.225 e. The highest BCUT2D eigenvalue weighted by atomic mass is 35.5. The molecule has 0 bridgehead atoms. The lowest BCUT2D eigenvalue weighted by Gasteiger charge is -2.32. The Morgan fingerprint density at radius 1 is 1.15 bits per heavy atom. The van der Waals surface area contributed by atoms with Gasteiger partial charge in [-0.25, -0.2) is 9.97 Å². The second kappa shape index (κ2) is 8.15. The Kier molecular flexibility index (Phi) is 5.45. The van der Waals surface area contributed by atoms with Crippen LogP contribution in [0.1, 0.15) is 12.8 Å². The van der Waals surface area contributed by atoms with E-state index in [0.717, 1.165) is 49.6 Å². The summed E-state index contributed by atoms with van der Waals surface area (Å²) in [5.74, 6) is 1.68. The predicted octanol–water partition coefficient (Wildman–Crippen LogP) is 3.78. The highest BCUT2D eigenvalue weighted by Crippen LogP contribution is 2.29. The minimum atomic E-state index is 0.196. The second-order valence-electron chi connectivity index (χ2n) is 6.70. The quantitative estimate of drug-likeness (QED) is 0.645. The maximum atomic E-state index is 6.36. The molecule has 1 aliphatic heterocycles. The van der Waals surface area contributed by atoms with Crippen molar-refractivity contribution >= 4 is 28.5 Å². The average molecular weight is 387 g/mol. The number of benzene rings is 1. The molecule has 0 atom stereocenters. The summed E-state index contributed by atoms with van der Waals surface area (Å²) in [6.45, 7) is 3.28. The molecule has 7 heteroatoms. The molecule has 0 amide bonds. The number of aromatic nitrogens is 3. The third kappa shape index (κ3) is 4.01. The number of ether oxygens (including phenoxy) is 2. The highest BCUT2D eigenvalue weighted by Gasteiger charge is 2.23. The van der Waals surface area contributed by atoms with Gasteiger partial charge in [-0.2, -0.15) is 0 Å². The first-order chi connectivity index (χ1) is 13.2. The van der Waals surface area contributed by atoms with Crippen LogP contribution in [0.5, 0.6) is 5.75 Å². The largest absolute Gasteiger partial charge is 0.490 e. The summed E-state index contributed by atoms with van der Waals surface area (Å²) in [5, 5.41) is 1.71. The number of hydrogen-bond donors (Lipinski definition) is 0. The molecule has 0 N–H and O–H groups in total. The van der Waals surface area contributed by atoms with E-state index in [-0.39, 0.29) is 6.10 Å². The molecule has 0 saturated carbocycles. The fraction of sp³-hybridized carbons (Fsp3) is 0.400. The summed E-state index contributed by atoms with van der Waals surface area (Å²) in [4.78, 5) is 10.8. The van der Waals surface area contributed by atoms with Gasteiger partial charge in [-0.15, -0.1) is 0 Å². The first-order valence-corrected chi connectivity index (χ1v) is 9.58. The van der Waals surface area contributed by atoms with E-state index in [2.05, 4.69) is 49.9 Å². The summed E-state index contributed by atoms with van der Waals surface area (Å²) in [5.41, 5.74) is 1.18. The number of fused-ring (bicyclic) bond motifs is 1. The van der Waals surface area contributed by atoms with Gasteiger partial charge in [0.15, 0.2) is 0 Å². The summed E-state index contributed by atoms with van der Waals surface area (Å²) in [6, 6.07) is 8.35. The molecule has 27 heavy (non-hydrogen) atoms. The Morgan fingerprint density at radius 3 is 2.67 bits per heavy atom. The normalized spacial score (nSPS) is 15.4. The number of methoxy groups -OCH3 is 1. The summed E-state index contributed by atoms with van der Waals surface area (Å²) < 4.78 is 13.8. The van der Waals surface area contributed by atoms with Crippen LogP contribution in [-0.2, 0) is 11.3 Å². The molecule has 3 heterocycles. The van der Waals surface area contributed by atoms with Crippen LogP contribution in [0.3, 0.4) is 0 Å². The highest BCUT2D eigenvalue weighted by molar-refractivity contribution is 6.30. The minimum absolute atomic E-state index is 0.196. The van der Waals surface area contributed by atoms with E-state index in [1.165, 1.54) is 5.52 Å². The van der Waals surface area contributed by atoms with Gasteiger partial charge in [0.1, 0.15) is 11.9 Å². The molecular formula is C20H23ClN4O2. The molecule has 1 aliphatic rings.